The number of carbonyl (C=O) groups excluding carboxylic acids is 1. The van der Waals surface area contributed by atoms with E-state index in [0.29, 0.717) is 11.4 Å². The van der Waals surface area contributed by atoms with Crippen LogP contribution in [0.2, 0.25) is 0 Å². The normalized spacial score (nSPS) is 17.4. The zero-order valence-corrected chi connectivity index (χ0v) is 21.0. The fraction of sp³-hybridized carbons (Fsp3) is 0.286. The van der Waals surface area contributed by atoms with Crippen molar-refractivity contribution in [1.29, 1.82) is 0 Å². The molecular formula is C28H31N7O2. The number of aryl methyl sites for hydroxylation is 1. The lowest BCUT2D eigenvalue weighted by molar-refractivity contribution is 0.102. The van der Waals surface area contributed by atoms with Gasteiger partial charge in [0.05, 0.1) is 24.7 Å². The summed E-state index contributed by atoms with van der Waals surface area (Å²) in [7, 11) is 1.63. The fourth-order valence-electron chi connectivity index (χ4n) is 4.88. The minimum atomic E-state index is -0.286. The third kappa shape index (κ3) is 5.40. The van der Waals surface area contributed by atoms with Crippen molar-refractivity contribution in [3.05, 3.63) is 65.7 Å². The van der Waals surface area contributed by atoms with Gasteiger partial charge in [-0.15, -0.1) is 0 Å². The molecule has 4 aromatic rings. The summed E-state index contributed by atoms with van der Waals surface area (Å²) >= 11 is 0. The van der Waals surface area contributed by atoms with Gasteiger partial charge in [-0.3, -0.25) is 10.1 Å². The first-order valence-electron chi connectivity index (χ1n) is 12.4. The molecular weight excluding hydrogens is 466 g/mol. The molecule has 1 fully saturated rings. The van der Waals surface area contributed by atoms with Gasteiger partial charge in [-0.25, -0.2) is 9.98 Å². The van der Waals surface area contributed by atoms with Crippen molar-refractivity contribution in [3.63, 3.8) is 0 Å². The predicted molar refractivity (Wildman–Crippen MR) is 148 cm³/mol. The van der Waals surface area contributed by atoms with Crippen LogP contribution in [0.25, 0.3) is 21.7 Å². The Kier molecular flexibility index (Phi) is 6.76. The van der Waals surface area contributed by atoms with Crippen LogP contribution in [-0.4, -0.2) is 41.0 Å². The van der Waals surface area contributed by atoms with Crippen molar-refractivity contribution in [3.8, 4) is 5.75 Å². The van der Waals surface area contributed by atoms with Crippen LogP contribution in [0.1, 0.15) is 41.6 Å². The van der Waals surface area contributed by atoms with Crippen LogP contribution in [-0.2, 0) is 0 Å². The number of methoxy groups -OCH3 is 1. The number of hydrogen-bond acceptors (Lipinski definition) is 6. The van der Waals surface area contributed by atoms with E-state index >= 15 is 0 Å². The zero-order valence-electron chi connectivity index (χ0n) is 21.0. The number of rotatable bonds is 6. The quantitative estimate of drug-likeness (QED) is 0.229. The summed E-state index contributed by atoms with van der Waals surface area (Å²) < 4.78 is 5.29. The number of guanidine groups is 1. The summed E-state index contributed by atoms with van der Waals surface area (Å²) in [6.07, 6.45) is 3.97. The first-order valence-corrected chi connectivity index (χ1v) is 12.4. The van der Waals surface area contributed by atoms with E-state index in [1.807, 2.05) is 55.5 Å². The summed E-state index contributed by atoms with van der Waals surface area (Å²) in [6.45, 7) is 2.02. The van der Waals surface area contributed by atoms with Gasteiger partial charge in [0, 0.05) is 10.9 Å². The van der Waals surface area contributed by atoms with Crippen molar-refractivity contribution in [2.75, 3.05) is 17.7 Å². The maximum Gasteiger partial charge on any atom is 0.258 e. The van der Waals surface area contributed by atoms with Crippen LogP contribution >= 0.6 is 0 Å². The minimum absolute atomic E-state index is 0.0236. The average Bonchev–Trinajstić information content (AvgIpc) is 2.89. The predicted octanol–water partition coefficient (Wildman–Crippen LogP) is 4.35. The van der Waals surface area contributed by atoms with Crippen LogP contribution < -0.4 is 26.8 Å². The number of fused-ring (bicyclic) bond motifs is 2. The third-order valence-corrected chi connectivity index (χ3v) is 6.75. The Bertz CT molecular complexity index is 1500. The van der Waals surface area contributed by atoms with E-state index in [-0.39, 0.29) is 29.9 Å². The molecule has 0 bridgehead atoms. The molecule has 1 heterocycles. The second-order valence-corrected chi connectivity index (χ2v) is 9.46. The summed E-state index contributed by atoms with van der Waals surface area (Å²) in [6, 6.07) is 17.2. The van der Waals surface area contributed by atoms with Crippen molar-refractivity contribution in [2.24, 2.45) is 16.5 Å². The van der Waals surface area contributed by atoms with Crippen LogP contribution in [0.15, 0.2) is 59.6 Å². The number of aromatic nitrogens is 2. The Morgan fingerprint density at radius 2 is 1.78 bits per heavy atom. The molecule has 2 atom stereocenters. The number of amides is 1. The lowest BCUT2D eigenvalue weighted by Gasteiger charge is -2.30. The summed E-state index contributed by atoms with van der Waals surface area (Å²) in [4.78, 5) is 26.9. The monoisotopic (exact) mass is 497 g/mol. The molecule has 37 heavy (non-hydrogen) atoms. The standard InChI is InChI=1S/C28H31N7O2/c1-16-7-12-22-21(13-16)25(31-23-5-3-4-6-24(23)32-27(29)30)34-28(33-22)35-26(36)19-9-8-18-15-20(37-2)11-10-17(18)14-19/h7-15,23-24H,3-6H2,1-2H3,(H4,29,30,32)(H2,31,33,34,35,36)/t23-,24+/m0/s1. The molecule has 1 aromatic heterocycles. The summed E-state index contributed by atoms with van der Waals surface area (Å²) in [5.41, 5.74) is 13.7. The first-order chi connectivity index (χ1) is 17.9. The largest absolute Gasteiger partial charge is 0.497 e. The maximum absolute atomic E-state index is 13.2. The van der Waals surface area contributed by atoms with Crippen molar-refractivity contribution in [2.45, 2.75) is 44.7 Å². The second kappa shape index (κ2) is 10.3. The number of anilines is 2. The Labute approximate surface area is 215 Å². The molecule has 0 saturated heterocycles. The highest BCUT2D eigenvalue weighted by Crippen LogP contribution is 2.29. The molecule has 5 rings (SSSR count). The fourth-order valence-corrected chi connectivity index (χ4v) is 4.88. The van der Waals surface area contributed by atoms with E-state index in [4.69, 9.17) is 21.2 Å². The van der Waals surface area contributed by atoms with Crippen molar-refractivity contribution < 1.29 is 9.53 Å². The van der Waals surface area contributed by atoms with Gasteiger partial charge in [-0.1, -0.05) is 36.6 Å². The van der Waals surface area contributed by atoms with Gasteiger partial charge in [0.2, 0.25) is 5.95 Å². The molecule has 0 radical (unpaired) electrons. The number of nitrogens with one attached hydrogen (secondary N) is 2. The third-order valence-electron chi connectivity index (χ3n) is 6.75. The molecule has 0 spiro atoms. The van der Waals surface area contributed by atoms with E-state index in [2.05, 4.69) is 20.6 Å². The van der Waals surface area contributed by atoms with E-state index < -0.39 is 0 Å². The highest BCUT2D eigenvalue weighted by Gasteiger charge is 2.26. The van der Waals surface area contributed by atoms with Crippen molar-refractivity contribution in [1.82, 2.24) is 9.97 Å². The zero-order chi connectivity index (χ0) is 25.9. The molecule has 1 aliphatic carbocycles. The number of hydrogen-bond donors (Lipinski definition) is 4. The number of nitrogens with two attached hydrogens (primary N) is 2. The van der Waals surface area contributed by atoms with E-state index in [0.717, 1.165) is 58.7 Å². The summed E-state index contributed by atoms with van der Waals surface area (Å²) in [5, 5.41) is 9.25. The number of aliphatic imine (C=N–C) groups is 1. The molecule has 190 valence electrons. The number of ether oxygens (including phenoxy) is 1. The van der Waals surface area contributed by atoms with Gasteiger partial charge in [-0.2, -0.15) is 4.98 Å². The van der Waals surface area contributed by atoms with Gasteiger partial charge in [-0.05, 0) is 66.9 Å². The Balaban J connectivity index is 1.46. The van der Waals surface area contributed by atoms with Crippen LogP contribution in [0.5, 0.6) is 5.75 Å². The van der Waals surface area contributed by atoms with Crippen LogP contribution in [0, 0.1) is 6.92 Å². The van der Waals surface area contributed by atoms with E-state index in [9.17, 15) is 4.79 Å². The lowest BCUT2D eigenvalue weighted by Crippen LogP contribution is -2.38. The molecule has 0 aliphatic heterocycles. The van der Waals surface area contributed by atoms with Gasteiger partial charge < -0.3 is 21.5 Å². The Hall–Kier alpha value is -4.40. The second-order valence-electron chi connectivity index (χ2n) is 9.46. The van der Waals surface area contributed by atoms with E-state index in [1.165, 1.54) is 0 Å². The SMILES string of the molecule is COc1ccc2cc(C(=O)Nc3nc(N[C@H]4CCCC[C@H]4N=C(N)N)c4cc(C)ccc4n3)ccc2c1. The molecule has 1 amide bonds. The van der Waals surface area contributed by atoms with Crippen molar-refractivity contribution >= 4 is 45.3 Å². The lowest BCUT2D eigenvalue weighted by atomic mass is 9.90. The molecule has 9 heteroatoms. The number of nitrogens with zero attached hydrogens (tertiary/aromatic N) is 3. The minimum Gasteiger partial charge on any atom is -0.497 e. The average molecular weight is 498 g/mol. The van der Waals surface area contributed by atoms with Crippen LogP contribution in [0.4, 0.5) is 11.8 Å². The number of benzene rings is 3. The molecule has 6 N–H and O–H groups in total. The molecule has 1 saturated carbocycles. The Morgan fingerprint density at radius 3 is 2.59 bits per heavy atom. The molecule has 3 aromatic carbocycles. The van der Waals surface area contributed by atoms with Gasteiger partial charge in [0.1, 0.15) is 11.6 Å². The smallest absolute Gasteiger partial charge is 0.258 e. The highest BCUT2D eigenvalue weighted by molar-refractivity contribution is 6.06. The molecule has 9 nitrogen and oxygen atoms in total. The van der Waals surface area contributed by atoms with Gasteiger partial charge in [0.25, 0.3) is 5.91 Å². The van der Waals surface area contributed by atoms with Gasteiger partial charge >= 0.3 is 0 Å². The number of carbonyl (C=O) groups is 1. The highest BCUT2D eigenvalue weighted by atomic mass is 16.5. The van der Waals surface area contributed by atoms with Crippen LogP contribution in [0.3, 0.4) is 0 Å². The van der Waals surface area contributed by atoms with Gasteiger partial charge in [0.15, 0.2) is 5.96 Å². The summed E-state index contributed by atoms with van der Waals surface area (Å²) in [5.74, 6) is 1.45. The topological polar surface area (TPSA) is 141 Å². The molecule has 0 unspecified atom stereocenters. The van der Waals surface area contributed by atoms with E-state index in [1.54, 1.807) is 13.2 Å². The maximum atomic E-state index is 13.2. The first kappa shape index (κ1) is 24.3. The Morgan fingerprint density at radius 1 is 1.00 bits per heavy atom. The molecule has 1 aliphatic rings.